The molecule has 3 rings (SSSR count). The van der Waals surface area contributed by atoms with E-state index in [-0.39, 0.29) is 24.6 Å². The van der Waals surface area contributed by atoms with Crippen LogP contribution in [0, 0.1) is 0 Å². The number of aromatic nitrogens is 4. The zero-order chi connectivity index (χ0) is 20.8. The summed E-state index contributed by atoms with van der Waals surface area (Å²) < 4.78 is 10.7. The number of nitrogen functional groups attached to an aromatic ring is 1. The lowest BCUT2D eigenvalue weighted by atomic mass is 10.2. The largest absolute Gasteiger partial charge is 0.385 e. The van der Waals surface area contributed by atoms with Crippen molar-refractivity contribution >= 4 is 34.6 Å². The zero-order valence-corrected chi connectivity index (χ0v) is 17.4. The number of nitrogens with one attached hydrogen (secondary N) is 1. The Morgan fingerprint density at radius 3 is 2.72 bits per heavy atom. The summed E-state index contributed by atoms with van der Waals surface area (Å²) in [6, 6.07) is 9.40. The molecule has 0 aliphatic rings. The van der Waals surface area contributed by atoms with E-state index in [1.807, 2.05) is 30.3 Å². The van der Waals surface area contributed by atoms with E-state index in [4.69, 9.17) is 22.1 Å². The van der Waals surface area contributed by atoms with Crippen LogP contribution >= 0.6 is 23.1 Å². The predicted octanol–water partition coefficient (Wildman–Crippen LogP) is 1.72. The van der Waals surface area contributed by atoms with Gasteiger partial charge in [-0.2, -0.15) is 0 Å². The van der Waals surface area contributed by atoms with Gasteiger partial charge < -0.3 is 15.4 Å². The molecule has 11 heteroatoms. The van der Waals surface area contributed by atoms with E-state index >= 15 is 0 Å². The van der Waals surface area contributed by atoms with Crippen LogP contribution in [0.2, 0.25) is 4.34 Å². The Hall–Kier alpha value is -2.69. The summed E-state index contributed by atoms with van der Waals surface area (Å²) in [4.78, 5) is 29.2. The van der Waals surface area contributed by atoms with E-state index in [2.05, 4.69) is 14.6 Å². The molecule has 0 aliphatic heterocycles. The maximum Gasteiger partial charge on any atom is 0.330 e. The highest BCUT2D eigenvalue weighted by Crippen LogP contribution is 2.24. The molecule has 29 heavy (non-hydrogen) atoms. The number of anilines is 2. The van der Waals surface area contributed by atoms with Crippen molar-refractivity contribution in [1.82, 2.24) is 19.1 Å². The number of rotatable bonds is 9. The maximum atomic E-state index is 12.7. The number of nitrogens with zero attached hydrogens (tertiary/aromatic N) is 4. The van der Waals surface area contributed by atoms with E-state index in [1.165, 1.54) is 4.57 Å². The van der Waals surface area contributed by atoms with Crippen LogP contribution < -0.4 is 21.9 Å². The molecule has 2 aromatic heterocycles. The van der Waals surface area contributed by atoms with E-state index < -0.39 is 11.2 Å². The number of methoxy groups -OCH3 is 1. The van der Waals surface area contributed by atoms with Crippen LogP contribution in [0.25, 0.3) is 0 Å². The Morgan fingerprint density at radius 2 is 2.07 bits per heavy atom. The minimum absolute atomic E-state index is 0.0827. The second-order valence-corrected chi connectivity index (χ2v) is 7.68. The molecule has 3 N–H and O–H groups in total. The van der Waals surface area contributed by atoms with Gasteiger partial charge in [-0.1, -0.05) is 46.4 Å². The molecule has 0 unspecified atom stereocenters. The summed E-state index contributed by atoms with van der Waals surface area (Å²) in [7, 11) is 1.60. The Morgan fingerprint density at radius 1 is 1.31 bits per heavy atom. The minimum atomic E-state index is -0.565. The van der Waals surface area contributed by atoms with Crippen molar-refractivity contribution in [2.75, 3.05) is 30.9 Å². The van der Waals surface area contributed by atoms with Crippen LogP contribution in [-0.4, -0.2) is 39.4 Å². The number of halogens is 1. The van der Waals surface area contributed by atoms with Gasteiger partial charge in [0.15, 0.2) is 0 Å². The fraction of sp³-hybridized carbons (Fsp3) is 0.333. The number of ether oxygens (including phenoxy) is 1. The third kappa shape index (κ3) is 5.03. The molecule has 0 amide bonds. The average Bonchev–Trinajstić information content (AvgIpc) is 3.10. The predicted molar refractivity (Wildman–Crippen MR) is 114 cm³/mol. The normalized spacial score (nSPS) is 11.0. The zero-order valence-electron chi connectivity index (χ0n) is 15.8. The van der Waals surface area contributed by atoms with E-state index in [0.29, 0.717) is 29.6 Å². The van der Waals surface area contributed by atoms with Gasteiger partial charge in [0, 0.05) is 31.8 Å². The molecule has 154 valence electrons. The van der Waals surface area contributed by atoms with Gasteiger partial charge in [-0.25, -0.2) is 4.79 Å². The van der Waals surface area contributed by atoms with E-state index in [9.17, 15) is 9.59 Å². The van der Waals surface area contributed by atoms with Crippen LogP contribution in [0.4, 0.5) is 11.5 Å². The van der Waals surface area contributed by atoms with Crippen molar-refractivity contribution in [2.24, 2.45) is 0 Å². The van der Waals surface area contributed by atoms with Crippen LogP contribution in [0.15, 0.2) is 39.9 Å². The fourth-order valence-electron chi connectivity index (χ4n) is 2.95. The molecule has 0 fully saturated rings. The first-order valence-electron chi connectivity index (χ1n) is 8.88. The lowest BCUT2D eigenvalue weighted by molar-refractivity contribution is 0.196. The van der Waals surface area contributed by atoms with Crippen LogP contribution in [0.5, 0.6) is 0 Å². The first kappa shape index (κ1) is 21.0. The van der Waals surface area contributed by atoms with Crippen LogP contribution in [0.3, 0.4) is 0 Å². The number of H-pyrrole nitrogens is 1. The molecule has 0 saturated heterocycles. The summed E-state index contributed by atoms with van der Waals surface area (Å²) in [5, 5.41) is 4.02. The summed E-state index contributed by atoms with van der Waals surface area (Å²) in [5.41, 5.74) is 6.80. The van der Waals surface area contributed by atoms with Gasteiger partial charge in [-0.15, -0.1) is 5.10 Å². The Bertz CT molecular complexity index is 1070. The highest BCUT2D eigenvalue weighted by molar-refractivity contribution is 7.10. The minimum Gasteiger partial charge on any atom is -0.385 e. The third-order valence-corrected chi connectivity index (χ3v) is 5.32. The second-order valence-electron chi connectivity index (χ2n) is 6.33. The number of aromatic amines is 1. The number of benzene rings is 1. The first-order chi connectivity index (χ1) is 14.0. The molecule has 2 heterocycles. The van der Waals surface area contributed by atoms with E-state index in [0.717, 1.165) is 17.1 Å². The summed E-state index contributed by atoms with van der Waals surface area (Å²) in [6.45, 7) is 1.43. The first-order valence-corrected chi connectivity index (χ1v) is 10.0. The second kappa shape index (κ2) is 9.68. The Labute approximate surface area is 175 Å². The van der Waals surface area contributed by atoms with Crippen molar-refractivity contribution < 1.29 is 4.74 Å². The molecule has 0 aliphatic carbocycles. The monoisotopic (exact) mass is 436 g/mol. The highest BCUT2D eigenvalue weighted by atomic mass is 35.5. The topological polar surface area (TPSA) is 119 Å². The van der Waals surface area contributed by atoms with Crippen molar-refractivity contribution in [1.29, 1.82) is 0 Å². The smallest absolute Gasteiger partial charge is 0.330 e. The summed E-state index contributed by atoms with van der Waals surface area (Å²) in [6.07, 6.45) is 0.641. The molecule has 0 saturated carbocycles. The van der Waals surface area contributed by atoms with Crippen molar-refractivity contribution in [3.63, 3.8) is 0 Å². The highest BCUT2D eigenvalue weighted by Gasteiger charge is 2.21. The lowest BCUT2D eigenvalue weighted by Gasteiger charge is -2.25. The van der Waals surface area contributed by atoms with Crippen LogP contribution in [0.1, 0.15) is 17.7 Å². The van der Waals surface area contributed by atoms with E-state index in [1.54, 1.807) is 12.0 Å². The van der Waals surface area contributed by atoms with Crippen LogP contribution in [-0.2, 0) is 17.8 Å². The Balaban J connectivity index is 2.01. The molecular formula is C18H21ClN6O3S. The van der Waals surface area contributed by atoms with Gasteiger partial charge >= 0.3 is 5.69 Å². The fourth-order valence-corrected chi connectivity index (χ4v) is 3.56. The standard InChI is InChI=1S/C18H21ClN6O3S/c1-28-9-5-8-24(11-13-15(19)29-23-22-13)14-16(20)25(18(27)21-17(14)26)10-12-6-3-2-4-7-12/h2-4,6-7H,5,8-11,20H2,1H3,(H,21,26,27). The molecule has 0 bridgehead atoms. The number of hydrogen-bond acceptors (Lipinski definition) is 8. The van der Waals surface area contributed by atoms with Gasteiger partial charge in [0.2, 0.25) is 0 Å². The average molecular weight is 437 g/mol. The van der Waals surface area contributed by atoms with Gasteiger partial charge in [0.25, 0.3) is 5.56 Å². The van der Waals surface area contributed by atoms with Gasteiger partial charge in [0.1, 0.15) is 21.5 Å². The molecular weight excluding hydrogens is 416 g/mol. The number of nitrogens with two attached hydrogens (primary N) is 1. The quantitative estimate of drug-likeness (QED) is 0.490. The SMILES string of the molecule is COCCCN(Cc1nnsc1Cl)c1c(N)n(Cc2ccccc2)c(=O)[nH]c1=O. The Kier molecular flexibility index (Phi) is 7.02. The maximum absolute atomic E-state index is 12.7. The molecule has 0 radical (unpaired) electrons. The van der Waals surface area contributed by atoms with Gasteiger partial charge in [-0.3, -0.25) is 14.3 Å². The van der Waals surface area contributed by atoms with Gasteiger partial charge in [-0.05, 0) is 12.0 Å². The molecule has 0 spiro atoms. The summed E-state index contributed by atoms with van der Waals surface area (Å²) in [5.74, 6) is 0.0827. The van der Waals surface area contributed by atoms with Crippen molar-refractivity contribution in [3.8, 4) is 0 Å². The van der Waals surface area contributed by atoms with Gasteiger partial charge in [0.05, 0.1) is 13.1 Å². The molecule has 0 atom stereocenters. The third-order valence-electron chi connectivity index (χ3n) is 4.34. The van der Waals surface area contributed by atoms with Crippen molar-refractivity contribution in [2.45, 2.75) is 19.5 Å². The summed E-state index contributed by atoms with van der Waals surface area (Å²) >= 11 is 7.21. The molecule has 1 aromatic carbocycles. The van der Waals surface area contributed by atoms with Crippen molar-refractivity contribution in [3.05, 3.63) is 66.8 Å². The molecule has 3 aromatic rings. The lowest BCUT2D eigenvalue weighted by Crippen LogP contribution is -2.39. The number of hydrogen-bond donors (Lipinski definition) is 2. The molecule has 9 nitrogen and oxygen atoms in total.